The van der Waals surface area contributed by atoms with Crippen LogP contribution in [0.4, 0.5) is 20.4 Å². The number of carbonyl (C=O) groups excluding carboxylic acids is 2. The van der Waals surface area contributed by atoms with Crippen LogP contribution in [-0.4, -0.2) is 76.5 Å². The van der Waals surface area contributed by atoms with E-state index in [1.54, 1.807) is 6.92 Å². The van der Waals surface area contributed by atoms with Crippen molar-refractivity contribution in [3.05, 3.63) is 40.5 Å². The van der Waals surface area contributed by atoms with E-state index in [2.05, 4.69) is 20.2 Å². The van der Waals surface area contributed by atoms with E-state index >= 15 is 0 Å². The molecule has 0 bridgehead atoms. The number of methoxy groups -OCH3 is 1. The fourth-order valence-electron chi connectivity index (χ4n) is 5.84. The highest BCUT2D eigenvalue weighted by molar-refractivity contribution is 5.93. The normalized spacial score (nSPS) is 18.9. The Hall–Kier alpha value is -3.37. The van der Waals surface area contributed by atoms with E-state index in [-0.39, 0.29) is 36.3 Å². The van der Waals surface area contributed by atoms with Gasteiger partial charge in [-0.15, -0.1) is 0 Å². The number of ether oxygens (including phenoxy) is 1. The van der Waals surface area contributed by atoms with Gasteiger partial charge in [0.05, 0.1) is 35.8 Å². The number of carbonyl (C=O) groups is 2. The van der Waals surface area contributed by atoms with Gasteiger partial charge in [-0.05, 0) is 64.0 Å². The summed E-state index contributed by atoms with van der Waals surface area (Å²) in [6.07, 6.45) is 2.31. The van der Waals surface area contributed by atoms with Gasteiger partial charge >= 0.3 is 5.97 Å². The summed E-state index contributed by atoms with van der Waals surface area (Å²) < 4.78 is 32.0. The number of aryl methyl sites for hydroxylation is 2. The van der Waals surface area contributed by atoms with Crippen LogP contribution < -0.4 is 10.2 Å². The van der Waals surface area contributed by atoms with Crippen molar-refractivity contribution >= 4 is 23.5 Å². The molecule has 41 heavy (non-hydrogen) atoms. The number of rotatable bonds is 7. The average molecular weight is 573 g/mol. The minimum absolute atomic E-state index is 0.0174. The van der Waals surface area contributed by atoms with Crippen LogP contribution in [-0.2, 0) is 4.74 Å². The van der Waals surface area contributed by atoms with Crippen molar-refractivity contribution in [2.24, 2.45) is 5.92 Å². The Morgan fingerprint density at radius 2 is 1.83 bits per heavy atom. The number of alkyl halides is 2. The highest BCUT2D eigenvalue weighted by atomic mass is 19.3. The molecule has 1 amide bonds. The molecule has 1 saturated carbocycles. The summed E-state index contributed by atoms with van der Waals surface area (Å²) in [5.74, 6) is -1.61. The number of piperazine rings is 1. The molecule has 1 aliphatic carbocycles. The van der Waals surface area contributed by atoms with Gasteiger partial charge in [0.25, 0.3) is 5.91 Å². The van der Waals surface area contributed by atoms with E-state index in [0.29, 0.717) is 61.8 Å². The fraction of sp³-hybridized carbons (Fsp3) is 0.633. The number of esters is 1. The zero-order chi connectivity index (χ0) is 30.1. The zero-order valence-electron chi connectivity index (χ0n) is 25.2. The molecule has 3 heterocycles. The predicted octanol–water partition coefficient (Wildman–Crippen LogP) is 5.38. The molecule has 0 unspecified atom stereocenters. The van der Waals surface area contributed by atoms with Gasteiger partial charge in [0, 0.05) is 39.0 Å². The lowest BCUT2D eigenvalue weighted by Crippen LogP contribution is -2.61. The predicted molar refractivity (Wildman–Crippen MR) is 154 cm³/mol. The lowest BCUT2D eigenvalue weighted by atomic mass is 9.87. The van der Waals surface area contributed by atoms with E-state index in [4.69, 9.17) is 9.72 Å². The van der Waals surface area contributed by atoms with Crippen LogP contribution in [0.25, 0.3) is 0 Å². The van der Waals surface area contributed by atoms with E-state index in [0.717, 1.165) is 11.4 Å². The summed E-state index contributed by atoms with van der Waals surface area (Å²) >= 11 is 0. The molecule has 224 valence electrons. The second-order valence-corrected chi connectivity index (χ2v) is 12.3. The number of hydrogen-bond donors (Lipinski definition) is 1. The van der Waals surface area contributed by atoms with Crippen LogP contribution in [0.1, 0.15) is 97.1 Å². The first-order valence-electron chi connectivity index (χ1n) is 14.3. The molecule has 0 atom stereocenters. The summed E-state index contributed by atoms with van der Waals surface area (Å²) in [6, 6.07) is 1.89. The second kappa shape index (κ2) is 11.9. The summed E-state index contributed by atoms with van der Waals surface area (Å²) in [7, 11) is 1.36. The summed E-state index contributed by atoms with van der Waals surface area (Å²) in [6.45, 7) is 13.8. The first kappa shape index (κ1) is 30.6. The van der Waals surface area contributed by atoms with Crippen molar-refractivity contribution in [3.8, 4) is 0 Å². The van der Waals surface area contributed by atoms with Crippen LogP contribution in [0.2, 0.25) is 0 Å². The largest absolute Gasteiger partial charge is 0.465 e. The van der Waals surface area contributed by atoms with Crippen LogP contribution in [0.15, 0.2) is 12.3 Å². The molecule has 4 rings (SSSR count). The molecular weight excluding hydrogens is 530 g/mol. The maximum atomic E-state index is 13.7. The third kappa shape index (κ3) is 6.76. The Morgan fingerprint density at radius 3 is 2.41 bits per heavy atom. The molecule has 2 fully saturated rings. The molecule has 1 saturated heterocycles. The monoisotopic (exact) mass is 572 g/mol. The minimum Gasteiger partial charge on any atom is -0.465 e. The Bertz CT molecular complexity index is 1270. The quantitative estimate of drug-likeness (QED) is 0.442. The van der Waals surface area contributed by atoms with Crippen molar-refractivity contribution in [1.29, 1.82) is 0 Å². The van der Waals surface area contributed by atoms with Gasteiger partial charge in [0.2, 0.25) is 5.92 Å². The lowest BCUT2D eigenvalue weighted by Gasteiger charge is -2.47. The standard InChI is InChI=1S/C30H42F2N6O3/c1-18(2)25-26(33-15-21-8-10-30(31,32)11-9-21)34-16-22(36-25)27(39)38-13-12-37(17-29(38,5)6)23-14-19(3)24(20(4)35-23)28(40)41-7/h14,16,18,21H,8-13,15,17H2,1-7H3,(H,33,34). The van der Waals surface area contributed by atoms with E-state index in [1.807, 2.05) is 45.6 Å². The van der Waals surface area contributed by atoms with Crippen molar-refractivity contribution in [2.45, 2.75) is 84.6 Å². The van der Waals surface area contributed by atoms with Gasteiger partial charge in [-0.2, -0.15) is 0 Å². The van der Waals surface area contributed by atoms with E-state index in [1.165, 1.54) is 13.3 Å². The Balaban J connectivity index is 1.47. The van der Waals surface area contributed by atoms with E-state index in [9.17, 15) is 18.4 Å². The SMILES string of the molecule is COC(=O)c1c(C)cc(N2CCN(C(=O)c3cnc(NCC4CCC(F)(F)CC4)c(C(C)C)n3)C(C)(C)C2)nc1C. The maximum Gasteiger partial charge on any atom is 0.339 e. The zero-order valence-corrected chi connectivity index (χ0v) is 25.2. The van der Waals surface area contributed by atoms with Gasteiger partial charge in [-0.25, -0.2) is 28.5 Å². The van der Waals surface area contributed by atoms with Crippen molar-refractivity contribution < 1.29 is 23.1 Å². The number of nitrogens with zero attached hydrogens (tertiary/aromatic N) is 5. The topological polar surface area (TPSA) is 101 Å². The molecule has 0 spiro atoms. The number of pyridine rings is 1. The molecule has 2 aromatic rings. The molecule has 2 aromatic heterocycles. The molecule has 0 aromatic carbocycles. The molecule has 11 heteroatoms. The number of hydrogen-bond acceptors (Lipinski definition) is 8. The third-order valence-corrected chi connectivity index (χ3v) is 8.21. The Kier molecular flexibility index (Phi) is 8.84. The van der Waals surface area contributed by atoms with E-state index < -0.39 is 17.4 Å². The van der Waals surface area contributed by atoms with Crippen molar-refractivity contribution in [1.82, 2.24) is 19.9 Å². The van der Waals surface area contributed by atoms with Gasteiger partial charge < -0.3 is 19.9 Å². The molecule has 0 radical (unpaired) electrons. The van der Waals surface area contributed by atoms with Gasteiger partial charge in [0.15, 0.2) is 0 Å². The van der Waals surface area contributed by atoms with Gasteiger partial charge in [0.1, 0.15) is 17.3 Å². The molecule has 9 nitrogen and oxygen atoms in total. The van der Waals surface area contributed by atoms with Crippen molar-refractivity contribution in [3.63, 3.8) is 0 Å². The summed E-state index contributed by atoms with van der Waals surface area (Å²) in [5.41, 5.74) is 2.32. The highest BCUT2D eigenvalue weighted by Crippen LogP contribution is 2.36. The number of halogens is 2. The smallest absolute Gasteiger partial charge is 0.339 e. The van der Waals surface area contributed by atoms with Gasteiger partial charge in [-0.3, -0.25) is 4.79 Å². The first-order chi connectivity index (χ1) is 19.2. The minimum atomic E-state index is -2.55. The fourth-order valence-corrected chi connectivity index (χ4v) is 5.84. The summed E-state index contributed by atoms with van der Waals surface area (Å²) in [5, 5.41) is 3.32. The second-order valence-electron chi connectivity index (χ2n) is 12.3. The maximum absolute atomic E-state index is 13.7. The van der Waals surface area contributed by atoms with Crippen molar-refractivity contribution in [2.75, 3.05) is 43.5 Å². The molecule has 1 N–H and O–H groups in total. The number of amides is 1. The highest BCUT2D eigenvalue weighted by Gasteiger charge is 2.39. The van der Waals surface area contributed by atoms with Crippen LogP contribution in [0, 0.1) is 19.8 Å². The van der Waals surface area contributed by atoms with Crippen LogP contribution in [0.3, 0.4) is 0 Å². The number of anilines is 2. The average Bonchev–Trinajstić information content (AvgIpc) is 2.90. The van der Waals surface area contributed by atoms with Crippen LogP contribution >= 0.6 is 0 Å². The van der Waals surface area contributed by atoms with Gasteiger partial charge in [-0.1, -0.05) is 13.8 Å². The first-order valence-corrected chi connectivity index (χ1v) is 14.3. The van der Waals surface area contributed by atoms with Crippen LogP contribution in [0.5, 0.6) is 0 Å². The molecule has 1 aliphatic heterocycles. The Labute approximate surface area is 241 Å². The third-order valence-electron chi connectivity index (χ3n) is 8.21. The summed E-state index contributed by atoms with van der Waals surface area (Å²) in [4.78, 5) is 43.8. The lowest BCUT2D eigenvalue weighted by molar-refractivity contribution is -0.0443. The molecule has 2 aliphatic rings. The number of aromatic nitrogens is 3. The Morgan fingerprint density at radius 1 is 1.15 bits per heavy atom. The number of nitrogens with one attached hydrogen (secondary N) is 1. The molecular formula is C30H42F2N6O3.